The minimum atomic E-state index is -0.0110. The number of fused-ring (bicyclic) bond motifs is 3. The number of hydrogen-bond acceptors (Lipinski definition) is 2. The Hall–Kier alpha value is -1.61. The fraction of sp³-hybridized carbons (Fsp3) is 0. The van der Waals surface area contributed by atoms with E-state index in [4.69, 9.17) is 4.42 Å². The van der Waals surface area contributed by atoms with E-state index in [1.54, 1.807) is 6.07 Å². The van der Waals surface area contributed by atoms with Gasteiger partial charge in [-0.3, -0.25) is 4.79 Å². The van der Waals surface area contributed by atoms with Crippen LogP contribution in [-0.2, 0) is 0 Å². The summed E-state index contributed by atoms with van der Waals surface area (Å²) in [6, 6.07) is 11.0. The average molecular weight is 275 g/mol. The third-order valence-corrected chi connectivity index (χ3v) is 3.32. The Labute approximate surface area is 99.6 Å². The second-order valence-electron chi connectivity index (χ2n) is 3.56. The zero-order valence-electron chi connectivity index (χ0n) is 8.24. The van der Waals surface area contributed by atoms with Crippen LogP contribution in [0.25, 0.3) is 21.7 Å². The fourth-order valence-electron chi connectivity index (χ4n) is 1.87. The quantitative estimate of drug-likeness (QED) is 0.585. The predicted molar refractivity (Wildman–Crippen MR) is 67.7 cm³/mol. The molecule has 3 rings (SSSR count). The van der Waals surface area contributed by atoms with Gasteiger partial charge in [-0.25, -0.2) is 0 Å². The summed E-state index contributed by atoms with van der Waals surface area (Å²) in [5.74, 6) is 0. The van der Waals surface area contributed by atoms with Crippen LogP contribution in [0.1, 0.15) is 0 Å². The minimum Gasteiger partial charge on any atom is -0.463 e. The molecule has 3 aromatic rings. The molecule has 0 radical (unpaired) electrons. The lowest BCUT2D eigenvalue weighted by Gasteiger charge is -2.03. The van der Waals surface area contributed by atoms with Crippen molar-refractivity contribution in [3.8, 4) is 0 Å². The van der Waals surface area contributed by atoms with E-state index in [0.29, 0.717) is 11.0 Å². The van der Waals surface area contributed by atoms with Gasteiger partial charge in [0.15, 0.2) is 5.43 Å². The molecular weight excluding hydrogens is 268 g/mol. The highest BCUT2D eigenvalue weighted by Gasteiger charge is 2.06. The maximum Gasteiger partial charge on any atom is 0.192 e. The molecule has 0 aliphatic heterocycles. The smallest absolute Gasteiger partial charge is 0.192 e. The van der Waals surface area contributed by atoms with Crippen molar-refractivity contribution in [2.24, 2.45) is 0 Å². The van der Waals surface area contributed by atoms with Crippen molar-refractivity contribution in [3.63, 3.8) is 0 Å². The first-order valence-electron chi connectivity index (χ1n) is 4.86. The molecule has 2 nitrogen and oxygen atoms in total. The van der Waals surface area contributed by atoms with Crippen LogP contribution in [-0.4, -0.2) is 0 Å². The molecule has 1 heterocycles. The van der Waals surface area contributed by atoms with Gasteiger partial charge in [0.25, 0.3) is 0 Å². The summed E-state index contributed by atoms with van der Waals surface area (Å²) in [6.45, 7) is 0. The predicted octanol–water partition coefficient (Wildman–Crippen LogP) is 3.71. The highest BCUT2D eigenvalue weighted by atomic mass is 79.9. The van der Waals surface area contributed by atoms with E-state index >= 15 is 0 Å². The summed E-state index contributed by atoms with van der Waals surface area (Å²) in [5, 5.41) is 2.61. The van der Waals surface area contributed by atoms with Crippen LogP contribution in [0.4, 0.5) is 0 Å². The molecule has 78 valence electrons. The van der Waals surface area contributed by atoms with Crippen molar-refractivity contribution in [1.82, 2.24) is 0 Å². The van der Waals surface area contributed by atoms with E-state index in [1.807, 2.05) is 24.3 Å². The zero-order valence-corrected chi connectivity index (χ0v) is 9.82. The van der Waals surface area contributed by atoms with Crippen molar-refractivity contribution >= 4 is 37.7 Å². The van der Waals surface area contributed by atoms with Crippen molar-refractivity contribution in [3.05, 3.63) is 57.4 Å². The molecule has 0 fully saturated rings. The number of benzene rings is 2. The molecule has 0 saturated carbocycles. The molecule has 2 aromatic carbocycles. The Morgan fingerprint density at radius 3 is 2.62 bits per heavy atom. The standard InChI is InChI=1S/C13H7BrO2/c14-11-3-1-2-9-8(11)4-5-10-12(15)6-7-16-13(9)10/h1-7H. The maximum atomic E-state index is 11.6. The Morgan fingerprint density at radius 1 is 0.938 bits per heavy atom. The fourth-order valence-corrected chi connectivity index (χ4v) is 2.36. The molecule has 0 aliphatic carbocycles. The van der Waals surface area contributed by atoms with Gasteiger partial charge < -0.3 is 4.42 Å². The summed E-state index contributed by atoms with van der Waals surface area (Å²) in [4.78, 5) is 11.6. The Bertz CT molecular complexity index is 744. The molecule has 3 heteroatoms. The summed E-state index contributed by atoms with van der Waals surface area (Å²) < 4.78 is 6.44. The molecular formula is C13H7BrO2. The maximum absolute atomic E-state index is 11.6. The lowest BCUT2D eigenvalue weighted by atomic mass is 10.1. The second-order valence-corrected chi connectivity index (χ2v) is 4.42. The van der Waals surface area contributed by atoms with E-state index < -0.39 is 0 Å². The first kappa shape index (κ1) is 9.60. The van der Waals surface area contributed by atoms with Gasteiger partial charge in [0.05, 0.1) is 11.6 Å². The van der Waals surface area contributed by atoms with Gasteiger partial charge in [-0.05, 0) is 17.5 Å². The molecule has 0 unspecified atom stereocenters. The monoisotopic (exact) mass is 274 g/mol. The topological polar surface area (TPSA) is 30.2 Å². The Morgan fingerprint density at radius 2 is 1.75 bits per heavy atom. The number of hydrogen-bond donors (Lipinski definition) is 0. The molecule has 0 spiro atoms. The summed E-state index contributed by atoms with van der Waals surface area (Å²) in [6.07, 6.45) is 1.44. The lowest BCUT2D eigenvalue weighted by molar-refractivity contribution is 0.606. The molecule has 1 aromatic heterocycles. The molecule has 16 heavy (non-hydrogen) atoms. The Kier molecular flexibility index (Phi) is 2.07. The molecule has 0 amide bonds. The van der Waals surface area contributed by atoms with Crippen molar-refractivity contribution < 1.29 is 4.42 Å². The van der Waals surface area contributed by atoms with Gasteiger partial charge in [-0.1, -0.05) is 34.1 Å². The molecule has 0 saturated heterocycles. The molecule has 0 N–H and O–H groups in total. The first-order chi connectivity index (χ1) is 7.77. The molecule has 0 atom stereocenters. The van der Waals surface area contributed by atoms with Crippen LogP contribution in [0, 0.1) is 0 Å². The SMILES string of the molecule is O=c1ccoc2c1ccc1c(Br)cccc12. The number of rotatable bonds is 0. The van der Waals surface area contributed by atoms with Gasteiger partial charge in [0.1, 0.15) is 5.58 Å². The van der Waals surface area contributed by atoms with Crippen LogP contribution in [0.3, 0.4) is 0 Å². The van der Waals surface area contributed by atoms with Crippen LogP contribution >= 0.6 is 15.9 Å². The van der Waals surface area contributed by atoms with Crippen molar-refractivity contribution in [2.45, 2.75) is 0 Å². The van der Waals surface area contributed by atoms with E-state index in [0.717, 1.165) is 15.2 Å². The van der Waals surface area contributed by atoms with Gasteiger partial charge in [-0.15, -0.1) is 0 Å². The molecule has 0 aliphatic rings. The highest BCUT2D eigenvalue weighted by Crippen LogP contribution is 2.28. The summed E-state index contributed by atoms with van der Waals surface area (Å²) in [7, 11) is 0. The third-order valence-electron chi connectivity index (χ3n) is 2.63. The lowest BCUT2D eigenvalue weighted by Crippen LogP contribution is -1.97. The van der Waals surface area contributed by atoms with Gasteiger partial charge in [-0.2, -0.15) is 0 Å². The van der Waals surface area contributed by atoms with Gasteiger partial charge in [0, 0.05) is 15.9 Å². The second kappa shape index (κ2) is 3.46. The largest absolute Gasteiger partial charge is 0.463 e. The van der Waals surface area contributed by atoms with E-state index in [1.165, 1.54) is 12.3 Å². The summed E-state index contributed by atoms with van der Waals surface area (Å²) >= 11 is 3.48. The minimum absolute atomic E-state index is 0.0110. The number of halogens is 1. The van der Waals surface area contributed by atoms with Crippen molar-refractivity contribution in [1.29, 1.82) is 0 Å². The van der Waals surface area contributed by atoms with Crippen LogP contribution in [0.15, 0.2) is 56.3 Å². The van der Waals surface area contributed by atoms with Crippen molar-refractivity contribution in [2.75, 3.05) is 0 Å². The zero-order chi connectivity index (χ0) is 11.1. The summed E-state index contributed by atoms with van der Waals surface area (Å²) in [5.41, 5.74) is 0.634. The Balaban J connectivity index is 2.66. The normalized spacial score (nSPS) is 11.1. The van der Waals surface area contributed by atoms with Gasteiger partial charge in [0.2, 0.25) is 0 Å². The van der Waals surface area contributed by atoms with Gasteiger partial charge >= 0.3 is 0 Å². The average Bonchev–Trinajstić information content (AvgIpc) is 2.30. The first-order valence-corrected chi connectivity index (χ1v) is 5.65. The van der Waals surface area contributed by atoms with Crippen LogP contribution in [0.2, 0.25) is 0 Å². The highest BCUT2D eigenvalue weighted by molar-refractivity contribution is 9.10. The van der Waals surface area contributed by atoms with E-state index in [2.05, 4.69) is 15.9 Å². The third kappa shape index (κ3) is 1.28. The van der Waals surface area contributed by atoms with E-state index in [-0.39, 0.29) is 5.43 Å². The van der Waals surface area contributed by atoms with Crippen LogP contribution < -0.4 is 5.43 Å². The molecule has 0 bridgehead atoms. The van der Waals surface area contributed by atoms with E-state index in [9.17, 15) is 4.79 Å². The van der Waals surface area contributed by atoms with Crippen LogP contribution in [0.5, 0.6) is 0 Å².